The molecular weight excluding hydrogens is 416 g/mol. The number of aromatic nitrogens is 1. The summed E-state index contributed by atoms with van der Waals surface area (Å²) in [5.74, 6) is 1.56. The lowest BCUT2D eigenvalue weighted by atomic mass is 9.99. The highest BCUT2D eigenvalue weighted by Gasteiger charge is 2.19. The fraction of sp³-hybridized carbons (Fsp3) is 0.300. The molecule has 0 amide bonds. The fourth-order valence-corrected chi connectivity index (χ4v) is 4.08. The third kappa shape index (κ3) is 3.70. The molecule has 0 saturated carbocycles. The van der Waals surface area contributed by atoms with Crippen LogP contribution in [0.3, 0.4) is 0 Å². The van der Waals surface area contributed by atoms with Gasteiger partial charge >= 0.3 is 0 Å². The summed E-state index contributed by atoms with van der Waals surface area (Å²) in [7, 11) is 3.33. The van der Waals surface area contributed by atoms with E-state index in [1.54, 1.807) is 14.2 Å². The van der Waals surface area contributed by atoms with Gasteiger partial charge in [-0.25, -0.2) is 0 Å². The van der Waals surface area contributed by atoms with E-state index in [1.165, 1.54) is 5.56 Å². The molecule has 0 spiro atoms. The topological polar surface area (TPSA) is 60.3 Å². The number of ether oxygens (including phenoxy) is 2. The minimum atomic E-state index is 0.683. The Hall–Kier alpha value is -1.69. The Labute approximate surface area is 166 Å². The Kier molecular flexibility index (Phi) is 6.12. The summed E-state index contributed by atoms with van der Waals surface area (Å²) in [6.45, 7) is 0.685. The molecule has 1 heterocycles. The quantitative estimate of drug-likeness (QED) is 0.476. The summed E-state index contributed by atoms with van der Waals surface area (Å²) >= 11 is 10.0. The average molecular weight is 438 g/mol. The Bertz CT molecular complexity index is 924. The third-order valence-corrected chi connectivity index (χ3v) is 5.24. The van der Waals surface area contributed by atoms with E-state index in [4.69, 9.17) is 26.8 Å². The highest BCUT2D eigenvalue weighted by atomic mass is 79.9. The normalized spacial score (nSPS) is 11.1. The van der Waals surface area contributed by atoms with E-state index in [0.717, 1.165) is 57.4 Å². The molecule has 3 aromatic rings. The second-order valence-corrected chi connectivity index (χ2v) is 7.42. The van der Waals surface area contributed by atoms with Crippen molar-refractivity contribution in [2.45, 2.75) is 19.3 Å². The molecule has 0 radical (unpaired) electrons. The van der Waals surface area contributed by atoms with Crippen LogP contribution in [0.5, 0.6) is 11.5 Å². The molecule has 0 fully saturated rings. The van der Waals surface area contributed by atoms with Crippen LogP contribution in [0.4, 0.5) is 0 Å². The first-order valence-corrected chi connectivity index (χ1v) is 9.68. The van der Waals surface area contributed by atoms with Crippen molar-refractivity contribution in [3.8, 4) is 22.8 Å². The van der Waals surface area contributed by atoms with E-state index in [9.17, 15) is 0 Å². The predicted molar refractivity (Wildman–Crippen MR) is 112 cm³/mol. The Balaban J connectivity index is 2.24. The van der Waals surface area contributed by atoms with Crippen LogP contribution >= 0.6 is 27.5 Å². The molecule has 4 nitrogen and oxygen atoms in total. The van der Waals surface area contributed by atoms with Crippen molar-refractivity contribution in [1.29, 1.82) is 0 Å². The van der Waals surface area contributed by atoms with Crippen molar-refractivity contribution in [3.63, 3.8) is 0 Å². The summed E-state index contributed by atoms with van der Waals surface area (Å²) in [6.07, 6.45) is 2.88. The van der Waals surface area contributed by atoms with Gasteiger partial charge in [-0.3, -0.25) is 0 Å². The van der Waals surface area contributed by atoms with Gasteiger partial charge in [-0.15, -0.1) is 0 Å². The van der Waals surface area contributed by atoms with E-state index < -0.39 is 0 Å². The number of nitrogens with one attached hydrogen (secondary N) is 1. The largest absolute Gasteiger partial charge is 0.497 e. The molecule has 0 atom stereocenters. The molecule has 138 valence electrons. The van der Waals surface area contributed by atoms with Gasteiger partial charge in [-0.1, -0.05) is 27.5 Å². The zero-order chi connectivity index (χ0) is 18.7. The zero-order valence-corrected chi connectivity index (χ0v) is 17.2. The number of halogens is 2. The zero-order valence-electron chi connectivity index (χ0n) is 14.9. The fourth-order valence-electron chi connectivity index (χ4n) is 3.22. The molecule has 0 unspecified atom stereocenters. The maximum absolute atomic E-state index is 6.49. The smallest absolute Gasteiger partial charge is 0.128 e. The van der Waals surface area contributed by atoms with Gasteiger partial charge in [0.15, 0.2) is 0 Å². The third-order valence-electron chi connectivity index (χ3n) is 4.49. The van der Waals surface area contributed by atoms with Gasteiger partial charge in [0.2, 0.25) is 0 Å². The van der Waals surface area contributed by atoms with Crippen LogP contribution in [-0.4, -0.2) is 25.7 Å². The highest BCUT2D eigenvalue weighted by molar-refractivity contribution is 9.10. The number of H-pyrrole nitrogens is 1. The van der Waals surface area contributed by atoms with Gasteiger partial charge < -0.3 is 20.2 Å². The number of benzene rings is 2. The van der Waals surface area contributed by atoms with Crippen molar-refractivity contribution in [1.82, 2.24) is 4.98 Å². The molecule has 0 bridgehead atoms. The lowest BCUT2D eigenvalue weighted by Gasteiger charge is -2.12. The van der Waals surface area contributed by atoms with E-state index in [2.05, 4.69) is 27.0 Å². The first-order chi connectivity index (χ1) is 12.6. The van der Waals surface area contributed by atoms with Crippen LogP contribution in [0, 0.1) is 0 Å². The molecule has 0 saturated heterocycles. The number of unbranched alkanes of at least 4 members (excludes halogenated alkanes) is 1. The van der Waals surface area contributed by atoms with Crippen molar-refractivity contribution in [2.24, 2.45) is 5.73 Å². The average Bonchev–Trinajstić information content (AvgIpc) is 3.00. The first kappa shape index (κ1) is 19.1. The van der Waals surface area contributed by atoms with Gasteiger partial charge in [0, 0.05) is 15.4 Å². The maximum Gasteiger partial charge on any atom is 0.128 e. The number of methoxy groups -OCH3 is 2. The SMILES string of the molecule is COc1ccc(OC)c(-c2[nH]c3c(Cl)cc(Br)cc3c2CCCCN)c1. The molecule has 3 N–H and O–H groups in total. The summed E-state index contributed by atoms with van der Waals surface area (Å²) in [4.78, 5) is 3.51. The van der Waals surface area contributed by atoms with Gasteiger partial charge in [0.25, 0.3) is 0 Å². The lowest BCUT2D eigenvalue weighted by Crippen LogP contribution is -1.99. The van der Waals surface area contributed by atoms with E-state index >= 15 is 0 Å². The molecule has 26 heavy (non-hydrogen) atoms. The number of aryl methyl sites for hydroxylation is 1. The van der Waals surface area contributed by atoms with Crippen molar-refractivity contribution < 1.29 is 9.47 Å². The summed E-state index contributed by atoms with van der Waals surface area (Å²) in [5, 5.41) is 1.80. The predicted octanol–water partition coefficient (Wildman–Crippen LogP) is 5.55. The van der Waals surface area contributed by atoms with Crippen LogP contribution in [0.2, 0.25) is 5.02 Å². The Morgan fingerprint density at radius 3 is 2.62 bits per heavy atom. The molecule has 2 aromatic carbocycles. The molecule has 6 heteroatoms. The molecule has 0 aliphatic rings. The molecule has 3 rings (SSSR count). The molecule has 1 aromatic heterocycles. The van der Waals surface area contributed by atoms with Crippen LogP contribution in [0.1, 0.15) is 18.4 Å². The van der Waals surface area contributed by atoms with E-state index in [-0.39, 0.29) is 0 Å². The lowest BCUT2D eigenvalue weighted by molar-refractivity contribution is 0.404. The van der Waals surface area contributed by atoms with Gasteiger partial charge in [-0.05, 0) is 61.7 Å². The number of hydrogen-bond donors (Lipinski definition) is 2. The van der Waals surface area contributed by atoms with Gasteiger partial charge in [-0.2, -0.15) is 0 Å². The number of aromatic amines is 1. The second kappa shape index (κ2) is 8.33. The van der Waals surface area contributed by atoms with E-state index in [0.29, 0.717) is 11.6 Å². The van der Waals surface area contributed by atoms with Crippen molar-refractivity contribution >= 4 is 38.4 Å². The number of fused-ring (bicyclic) bond motifs is 1. The number of nitrogens with two attached hydrogens (primary N) is 1. The van der Waals surface area contributed by atoms with E-state index in [1.807, 2.05) is 24.3 Å². The monoisotopic (exact) mass is 436 g/mol. The van der Waals surface area contributed by atoms with Crippen LogP contribution in [0.25, 0.3) is 22.2 Å². The van der Waals surface area contributed by atoms with Crippen LogP contribution in [-0.2, 0) is 6.42 Å². The number of rotatable bonds is 7. The van der Waals surface area contributed by atoms with Crippen molar-refractivity contribution in [2.75, 3.05) is 20.8 Å². The standard InChI is InChI=1S/C20H22BrClN2O2/c1-25-13-6-7-18(26-2)16(11-13)19-14(5-3-4-8-23)15-9-12(21)10-17(22)20(15)24-19/h6-7,9-11,24H,3-5,8,23H2,1-2H3. The minimum absolute atomic E-state index is 0.683. The van der Waals surface area contributed by atoms with Crippen LogP contribution in [0.15, 0.2) is 34.8 Å². The maximum atomic E-state index is 6.49. The Morgan fingerprint density at radius 2 is 1.92 bits per heavy atom. The van der Waals surface area contributed by atoms with Crippen molar-refractivity contribution in [3.05, 3.63) is 45.4 Å². The van der Waals surface area contributed by atoms with Gasteiger partial charge in [0.1, 0.15) is 11.5 Å². The van der Waals surface area contributed by atoms with Gasteiger partial charge in [0.05, 0.1) is 30.5 Å². The Morgan fingerprint density at radius 1 is 1.12 bits per heavy atom. The number of hydrogen-bond acceptors (Lipinski definition) is 3. The molecular formula is C20H22BrClN2O2. The molecule has 0 aliphatic heterocycles. The summed E-state index contributed by atoms with van der Waals surface area (Å²) < 4.78 is 12.0. The second-order valence-electron chi connectivity index (χ2n) is 6.10. The molecule has 0 aliphatic carbocycles. The summed E-state index contributed by atoms with van der Waals surface area (Å²) in [5.41, 5.74) is 9.79. The summed E-state index contributed by atoms with van der Waals surface area (Å²) in [6, 6.07) is 9.80. The van der Waals surface area contributed by atoms with Crippen LogP contribution < -0.4 is 15.2 Å². The minimum Gasteiger partial charge on any atom is -0.497 e. The first-order valence-electron chi connectivity index (χ1n) is 8.51. The highest BCUT2D eigenvalue weighted by Crippen LogP contribution is 2.41.